The lowest BCUT2D eigenvalue weighted by Gasteiger charge is -2.48. The molecule has 0 spiro atoms. The molecule has 9 heteroatoms. The topological polar surface area (TPSA) is 114 Å². The molecule has 1 aromatic heterocycles. The second-order valence-corrected chi connectivity index (χ2v) is 9.99. The smallest absolute Gasteiger partial charge is 0.335 e. The number of rotatable bonds is 7. The van der Waals surface area contributed by atoms with Crippen molar-refractivity contribution in [3.63, 3.8) is 0 Å². The monoisotopic (exact) mass is 512 g/mol. The van der Waals surface area contributed by atoms with Crippen LogP contribution in [0.25, 0.3) is 16.5 Å². The van der Waals surface area contributed by atoms with Crippen LogP contribution in [0, 0.1) is 5.41 Å². The molecule has 9 nitrogen and oxygen atoms in total. The van der Waals surface area contributed by atoms with E-state index < -0.39 is 28.7 Å². The fourth-order valence-electron chi connectivity index (χ4n) is 5.03. The number of hydrogen-bond donors (Lipinski definition) is 2. The van der Waals surface area contributed by atoms with Crippen molar-refractivity contribution in [2.45, 2.75) is 19.4 Å². The highest BCUT2D eigenvalue weighted by molar-refractivity contribution is 5.94. The summed E-state index contributed by atoms with van der Waals surface area (Å²) >= 11 is 0. The van der Waals surface area contributed by atoms with Gasteiger partial charge in [-0.15, -0.1) is 0 Å². The summed E-state index contributed by atoms with van der Waals surface area (Å²) < 4.78 is 2.42. The van der Waals surface area contributed by atoms with Crippen LogP contribution < -0.4 is 21.5 Å². The Morgan fingerprint density at radius 3 is 2.34 bits per heavy atom. The van der Waals surface area contributed by atoms with Crippen molar-refractivity contribution in [1.29, 1.82) is 0 Å². The predicted molar refractivity (Wildman–Crippen MR) is 145 cm³/mol. The van der Waals surface area contributed by atoms with Crippen molar-refractivity contribution >= 4 is 28.3 Å². The standard InChI is InChI=1S/C29H28N4O5/c1-29(17-32(18-29)20-9-4-3-5-10-20)27(37)30-23(26(35)36)16-19-8-6-12-22-21(19)11-7-13-24(22)33-25(34)14-15-31(2)28(33)38/h3-15,23H,16-18H2,1-2H3,(H,30,37)(H,35,36)/t23-/m0/s1. The van der Waals surface area contributed by atoms with Crippen molar-refractivity contribution in [3.05, 3.63) is 105 Å². The van der Waals surface area contributed by atoms with Crippen molar-refractivity contribution < 1.29 is 14.7 Å². The highest BCUT2D eigenvalue weighted by Gasteiger charge is 2.46. The Labute approximate surface area is 218 Å². The lowest BCUT2D eigenvalue weighted by molar-refractivity contribution is -0.144. The maximum atomic E-state index is 13.2. The Kier molecular flexibility index (Phi) is 6.36. The minimum atomic E-state index is -1.15. The minimum Gasteiger partial charge on any atom is -0.480 e. The highest BCUT2D eigenvalue weighted by atomic mass is 16.4. The predicted octanol–water partition coefficient (Wildman–Crippen LogP) is 2.33. The largest absolute Gasteiger partial charge is 0.480 e. The van der Waals surface area contributed by atoms with Gasteiger partial charge in [0.05, 0.1) is 11.1 Å². The number of nitrogens with one attached hydrogen (secondary N) is 1. The number of aromatic nitrogens is 2. The number of benzene rings is 3. The van der Waals surface area contributed by atoms with E-state index in [9.17, 15) is 24.3 Å². The first-order valence-corrected chi connectivity index (χ1v) is 12.3. The molecule has 1 amide bonds. The van der Waals surface area contributed by atoms with Crippen LogP contribution in [0.5, 0.6) is 0 Å². The Bertz CT molecular complexity index is 1650. The molecule has 38 heavy (non-hydrogen) atoms. The van der Waals surface area contributed by atoms with Crippen LogP contribution in [0.15, 0.2) is 88.6 Å². The highest BCUT2D eigenvalue weighted by Crippen LogP contribution is 2.34. The lowest BCUT2D eigenvalue weighted by Crippen LogP contribution is -2.63. The van der Waals surface area contributed by atoms with E-state index >= 15 is 0 Å². The van der Waals surface area contributed by atoms with Gasteiger partial charge < -0.3 is 19.9 Å². The zero-order chi connectivity index (χ0) is 27.0. The molecule has 1 fully saturated rings. The van der Waals surface area contributed by atoms with E-state index in [1.165, 1.54) is 16.8 Å². The summed E-state index contributed by atoms with van der Waals surface area (Å²) in [4.78, 5) is 52.8. The summed E-state index contributed by atoms with van der Waals surface area (Å²) in [7, 11) is 1.57. The van der Waals surface area contributed by atoms with Gasteiger partial charge in [-0.1, -0.05) is 48.5 Å². The molecule has 0 unspecified atom stereocenters. The van der Waals surface area contributed by atoms with Crippen LogP contribution in [0.3, 0.4) is 0 Å². The number of aliphatic carboxylic acids is 1. The Balaban J connectivity index is 1.41. The van der Waals surface area contributed by atoms with Gasteiger partial charge >= 0.3 is 11.7 Å². The van der Waals surface area contributed by atoms with Gasteiger partial charge in [0.15, 0.2) is 0 Å². The molecule has 5 rings (SSSR count). The van der Waals surface area contributed by atoms with Crippen LogP contribution in [-0.4, -0.2) is 45.2 Å². The first-order chi connectivity index (χ1) is 18.2. The van der Waals surface area contributed by atoms with Crippen LogP contribution in [0.2, 0.25) is 0 Å². The van der Waals surface area contributed by atoms with E-state index in [1.807, 2.05) is 43.3 Å². The maximum Gasteiger partial charge on any atom is 0.335 e. The number of amides is 1. The third kappa shape index (κ3) is 4.47. The van der Waals surface area contributed by atoms with Gasteiger partial charge in [0.1, 0.15) is 6.04 Å². The molecule has 0 saturated carbocycles. The molecule has 1 aliphatic heterocycles. The average Bonchev–Trinajstić information content (AvgIpc) is 2.89. The molecule has 1 saturated heterocycles. The fraction of sp³-hybridized carbons (Fsp3) is 0.241. The van der Waals surface area contributed by atoms with Gasteiger partial charge in [-0.3, -0.25) is 9.59 Å². The molecule has 2 heterocycles. The van der Waals surface area contributed by atoms with Gasteiger partial charge in [0, 0.05) is 49.9 Å². The van der Waals surface area contributed by atoms with Crippen LogP contribution in [-0.2, 0) is 23.1 Å². The van der Waals surface area contributed by atoms with E-state index in [1.54, 1.807) is 37.4 Å². The molecular weight excluding hydrogens is 484 g/mol. The molecule has 0 radical (unpaired) electrons. The third-order valence-corrected chi connectivity index (χ3v) is 7.16. The minimum absolute atomic E-state index is 0.0437. The quantitative estimate of drug-likeness (QED) is 0.393. The van der Waals surface area contributed by atoms with Crippen LogP contribution in [0.1, 0.15) is 12.5 Å². The SMILES string of the molecule is Cn1ccc(=O)n(-c2cccc3c(C[C@H](NC(=O)C4(C)CN(c5ccccc5)C4)C(=O)O)cccc23)c1=O. The molecular formula is C29H28N4O5. The molecule has 0 aliphatic carbocycles. The van der Waals surface area contributed by atoms with Crippen molar-refractivity contribution in [2.24, 2.45) is 12.5 Å². The average molecular weight is 513 g/mol. The number of carboxylic acid groups (broad SMARTS) is 1. The van der Waals surface area contributed by atoms with E-state index in [0.29, 0.717) is 35.1 Å². The van der Waals surface area contributed by atoms with E-state index in [0.717, 1.165) is 10.3 Å². The molecule has 1 aliphatic rings. The molecule has 194 valence electrons. The second-order valence-electron chi connectivity index (χ2n) is 9.99. The summed E-state index contributed by atoms with van der Waals surface area (Å²) in [6.07, 6.45) is 1.46. The van der Waals surface area contributed by atoms with E-state index in [2.05, 4.69) is 10.2 Å². The molecule has 4 aromatic rings. The van der Waals surface area contributed by atoms with Crippen molar-refractivity contribution in [3.8, 4) is 5.69 Å². The first kappa shape index (κ1) is 25.0. The van der Waals surface area contributed by atoms with Gasteiger partial charge in [-0.25, -0.2) is 14.2 Å². The van der Waals surface area contributed by atoms with E-state index in [4.69, 9.17) is 0 Å². The zero-order valence-electron chi connectivity index (χ0n) is 21.1. The molecule has 1 atom stereocenters. The number of carboxylic acids is 1. The number of nitrogens with zero attached hydrogens (tertiary/aromatic N) is 3. The Hall–Kier alpha value is -4.66. The summed E-state index contributed by atoms with van der Waals surface area (Å²) in [5.41, 5.74) is 0.470. The lowest BCUT2D eigenvalue weighted by atomic mass is 9.80. The second kappa shape index (κ2) is 9.66. The summed E-state index contributed by atoms with van der Waals surface area (Å²) in [5, 5.41) is 14.0. The maximum absolute atomic E-state index is 13.2. The summed E-state index contributed by atoms with van der Waals surface area (Å²) in [6.45, 7) is 2.82. The fourth-order valence-corrected chi connectivity index (χ4v) is 5.03. The molecule has 0 bridgehead atoms. The van der Waals surface area contributed by atoms with Gasteiger partial charge in [0.25, 0.3) is 5.56 Å². The summed E-state index contributed by atoms with van der Waals surface area (Å²) in [6, 6.07) is 20.5. The molecule has 2 N–H and O–H groups in total. The third-order valence-electron chi connectivity index (χ3n) is 7.16. The first-order valence-electron chi connectivity index (χ1n) is 12.3. The van der Waals surface area contributed by atoms with Crippen LogP contribution in [0.4, 0.5) is 5.69 Å². The number of para-hydroxylation sites is 1. The van der Waals surface area contributed by atoms with Gasteiger partial charge in [0.2, 0.25) is 5.91 Å². The zero-order valence-corrected chi connectivity index (χ0v) is 21.1. The molecule has 3 aromatic carbocycles. The number of carbonyl (C=O) groups excluding carboxylic acids is 1. The number of aryl methyl sites for hydroxylation is 1. The van der Waals surface area contributed by atoms with Crippen molar-refractivity contribution in [1.82, 2.24) is 14.5 Å². The number of hydrogen-bond acceptors (Lipinski definition) is 5. The van der Waals surface area contributed by atoms with Gasteiger partial charge in [-0.2, -0.15) is 0 Å². The Morgan fingerprint density at radius 1 is 0.947 bits per heavy atom. The van der Waals surface area contributed by atoms with Crippen LogP contribution >= 0.6 is 0 Å². The van der Waals surface area contributed by atoms with E-state index in [-0.39, 0.29) is 12.3 Å². The number of fused-ring (bicyclic) bond motifs is 1. The number of anilines is 1. The summed E-state index contributed by atoms with van der Waals surface area (Å²) in [5.74, 6) is -1.44. The number of carbonyl (C=O) groups is 2. The van der Waals surface area contributed by atoms with Gasteiger partial charge in [-0.05, 0) is 36.1 Å². The normalized spacial score (nSPS) is 15.1. The van der Waals surface area contributed by atoms with Crippen molar-refractivity contribution in [2.75, 3.05) is 18.0 Å². The Morgan fingerprint density at radius 2 is 1.63 bits per heavy atom.